The summed E-state index contributed by atoms with van der Waals surface area (Å²) in [5, 5.41) is 22.4. The Balaban J connectivity index is 1.63. The second kappa shape index (κ2) is 10.6. The van der Waals surface area contributed by atoms with Gasteiger partial charge in [0.2, 0.25) is 0 Å². The SMILES string of the molecule is CNc1cc(Nc2cc(F)cn(C3CCOCC3)c2=O)nc2c(C(=O)NCCC(C)(C)CO)cnn12. The lowest BCUT2D eigenvalue weighted by molar-refractivity contribution is 0.0684. The molecule has 0 spiro atoms. The van der Waals surface area contributed by atoms with Crippen molar-refractivity contribution in [3.8, 4) is 0 Å². The number of fused-ring (bicyclic) bond motifs is 1. The van der Waals surface area contributed by atoms with E-state index < -0.39 is 5.82 Å². The predicted octanol–water partition coefficient (Wildman–Crippen LogP) is 2.31. The van der Waals surface area contributed by atoms with Crippen LogP contribution in [0, 0.1) is 11.2 Å². The van der Waals surface area contributed by atoms with Crippen LogP contribution in [0.2, 0.25) is 0 Å². The van der Waals surface area contributed by atoms with Crippen molar-refractivity contribution in [1.29, 1.82) is 0 Å². The summed E-state index contributed by atoms with van der Waals surface area (Å²) in [7, 11) is 1.69. The highest BCUT2D eigenvalue weighted by atomic mass is 19.1. The number of anilines is 3. The molecule has 4 N–H and O–H groups in total. The summed E-state index contributed by atoms with van der Waals surface area (Å²) >= 11 is 0. The van der Waals surface area contributed by atoms with E-state index in [0.29, 0.717) is 44.8 Å². The van der Waals surface area contributed by atoms with Gasteiger partial charge in [-0.3, -0.25) is 9.59 Å². The van der Waals surface area contributed by atoms with E-state index >= 15 is 0 Å². The Kier molecular flexibility index (Phi) is 7.55. The van der Waals surface area contributed by atoms with Gasteiger partial charge in [0.1, 0.15) is 28.7 Å². The summed E-state index contributed by atoms with van der Waals surface area (Å²) in [4.78, 5) is 30.5. The molecule has 4 rings (SSSR count). The van der Waals surface area contributed by atoms with Crippen molar-refractivity contribution in [3.63, 3.8) is 0 Å². The summed E-state index contributed by atoms with van der Waals surface area (Å²) in [6.45, 7) is 5.24. The molecule has 1 amide bonds. The highest BCUT2D eigenvalue weighted by Gasteiger charge is 2.22. The number of hydrogen-bond donors (Lipinski definition) is 4. The van der Waals surface area contributed by atoms with Crippen LogP contribution in [0.25, 0.3) is 5.65 Å². The molecule has 3 aromatic heterocycles. The standard InChI is InChI=1S/C24H32FN7O4/c1-24(2,14-33)6-7-27-22(34)17-12-28-32-20(26-3)11-19(30-21(17)32)29-18-10-15(25)13-31(23(18)35)16-4-8-36-9-5-16/h10-13,16,26,33H,4-9,14H2,1-3H3,(H,27,34)(H,29,30). The van der Waals surface area contributed by atoms with Crippen LogP contribution < -0.4 is 21.5 Å². The zero-order valence-corrected chi connectivity index (χ0v) is 20.7. The number of nitrogens with one attached hydrogen (secondary N) is 3. The van der Waals surface area contributed by atoms with Crippen LogP contribution in [0.1, 0.15) is 49.5 Å². The molecule has 3 aromatic rings. The lowest BCUT2D eigenvalue weighted by Gasteiger charge is -2.24. The van der Waals surface area contributed by atoms with Gasteiger partial charge >= 0.3 is 0 Å². The van der Waals surface area contributed by atoms with Crippen molar-refractivity contribution >= 4 is 28.9 Å². The number of carbonyl (C=O) groups excluding carboxylic acids is 1. The first-order valence-electron chi connectivity index (χ1n) is 11.9. The minimum Gasteiger partial charge on any atom is -0.396 e. The molecule has 0 saturated carbocycles. The molecule has 11 nitrogen and oxygen atoms in total. The number of aliphatic hydroxyl groups excluding tert-OH is 1. The van der Waals surface area contributed by atoms with Gasteiger partial charge in [0.15, 0.2) is 5.65 Å². The number of aliphatic hydroxyl groups is 1. The van der Waals surface area contributed by atoms with Crippen LogP contribution >= 0.6 is 0 Å². The second-order valence-corrected chi connectivity index (χ2v) is 9.65. The Labute approximate surface area is 207 Å². The number of carbonyl (C=O) groups is 1. The number of nitrogens with zero attached hydrogens (tertiary/aromatic N) is 4. The number of halogens is 1. The van der Waals surface area contributed by atoms with Crippen LogP contribution in [0.15, 0.2) is 29.3 Å². The van der Waals surface area contributed by atoms with Gasteiger partial charge in [-0.1, -0.05) is 13.8 Å². The normalized spacial score (nSPS) is 14.7. The third-order valence-corrected chi connectivity index (χ3v) is 6.34. The molecule has 1 aliphatic rings. The van der Waals surface area contributed by atoms with Crippen LogP contribution in [0.4, 0.5) is 21.7 Å². The number of amides is 1. The maximum atomic E-state index is 14.5. The van der Waals surface area contributed by atoms with Gasteiger partial charge in [-0.05, 0) is 24.7 Å². The molecule has 0 aliphatic carbocycles. The number of rotatable bonds is 9. The molecule has 194 valence electrons. The fourth-order valence-corrected chi connectivity index (χ4v) is 4.08. The summed E-state index contributed by atoms with van der Waals surface area (Å²) < 4.78 is 22.7. The Morgan fingerprint density at radius 1 is 1.31 bits per heavy atom. The highest BCUT2D eigenvalue weighted by Crippen LogP contribution is 2.24. The lowest BCUT2D eigenvalue weighted by atomic mass is 9.91. The van der Waals surface area contributed by atoms with Gasteiger partial charge in [0, 0.05) is 57.8 Å². The van der Waals surface area contributed by atoms with Crippen LogP contribution in [0.3, 0.4) is 0 Å². The maximum Gasteiger partial charge on any atom is 0.274 e. The van der Waals surface area contributed by atoms with E-state index in [9.17, 15) is 19.1 Å². The van der Waals surface area contributed by atoms with E-state index in [0.717, 1.165) is 6.07 Å². The van der Waals surface area contributed by atoms with E-state index in [4.69, 9.17) is 4.74 Å². The van der Waals surface area contributed by atoms with Crippen LogP contribution in [-0.2, 0) is 4.74 Å². The molecule has 1 fully saturated rings. The summed E-state index contributed by atoms with van der Waals surface area (Å²) in [6, 6.07) is 2.61. The van der Waals surface area contributed by atoms with Gasteiger partial charge in [0.05, 0.1) is 6.20 Å². The summed E-state index contributed by atoms with van der Waals surface area (Å²) in [5.41, 5.74) is -0.128. The average Bonchev–Trinajstić information content (AvgIpc) is 3.30. The molecule has 1 saturated heterocycles. The van der Waals surface area contributed by atoms with E-state index in [2.05, 4.69) is 26.0 Å². The smallest absolute Gasteiger partial charge is 0.274 e. The summed E-state index contributed by atoms with van der Waals surface area (Å²) in [5.74, 6) is -0.139. The zero-order valence-electron chi connectivity index (χ0n) is 20.7. The highest BCUT2D eigenvalue weighted by molar-refractivity contribution is 6.00. The molecule has 0 atom stereocenters. The van der Waals surface area contributed by atoms with Crippen molar-refractivity contribution in [3.05, 3.63) is 46.3 Å². The third kappa shape index (κ3) is 5.49. The first-order valence-corrected chi connectivity index (χ1v) is 11.9. The van der Waals surface area contributed by atoms with Crippen LogP contribution in [-0.4, -0.2) is 63.6 Å². The zero-order chi connectivity index (χ0) is 25.9. The van der Waals surface area contributed by atoms with E-state index in [1.54, 1.807) is 13.1 Å². The van der Waals surface area contributed by atoms with Crippen molar-refractivity contribution in [2.24, 2.45) is 5.41 Å². The Morgan fingerprint density at radius 2 is 2.06 bits per heavy atom. The third-order valence-electron chi connectivity index (χ3n) is 6.34. The first-order chi connectivity index (χ1) is 17.2. The molecule has 0 aromatic carbocycles. The van der Waals surface area contributed by atoms with Gasteiger partial charge in [0.25, 0.3) is 11.5 Å². The molecule has 4 heterocycles. The lowest BCUT2D eigenvalue weighted by Crippen LogP contribution is -2.30. The van der Waals surface area contributed by atoms with Crippen LogP contribution in [0.5, 0.6) is 0 Å². The Bertz CT molecular complexity index is 1300. The van der Waals surface area contributed by atoms with Gasteiger partial charge < -0.3 is 30.4 Å². The second-order valence-electron chi connectivity index (χ2n) is 9.65. The number of ether oxygens (including phenoxy) is 1. The molecule has 0 bridgehead atoms. The van der Waals surface area contributed by atoms with Crippen molar-refractivity contribution in [1.82, 2.24) is 24.5 Å². The minimum absolute atomic E-state index is 0.0119. The predicted molar refractivity (Wildman–Crippen MR) is 133 cm³/mol. The topological polar surface area (TPSA) is 135 Å². The Hall–Kier alpha value is -3.51. The van der Waals surface area contributed by atoms with E-state index in [-0.39, 0.29) is 52.2 Å². The monoisotopic (exact) mass is 501 g/mol. The largest absolute Gasteiger partial charge is 0.396 e. The Morgan fingerprint density at radius 3 is 2.75 bits per heavy atom. The molecule has 1 aliphatic heterocycles. The van der Waals surface area contributed by atoms with Crippen molar-refractivity contribution < 1.29 is 19.0 Å². The number of hydrogen-bond acceptors (Lipinski definition) is 8. The molecule has 36 heavy (non-hydrogen) atoms. The quantitative estimate of drug-likeness (QED) is 0.351. The number of pyridine rings is 1. The molecule has 12 heteroatoms. The summed E-state index contributed by atoms with van der Waals surface area (Å²) in [6.07, 6.45) is 4.48. The van der Waals surface area contributed by atoms with Gasteiger partial charge in [-0.2, -0.15) is 9.61 Å². The molecule has 0 unspecified atom stereocenters. The molecular formula is C24H32FN7O4. The first kappa shape index (κ1) is 25.6. The van der Waals surface area contributed by atoms with Crippen molar-refractivity contribution in [2.75, 3.05) is 44.0 Å². The minimum atomic E-state index is -0.547. The fraction of sp³-hybridized carbons (Fsp3) is 0.500. The number of aromatic nitrogens is 4. The molecular weight excluding hydrogens is 469 g/mol. The average molecular weight is 502 g/mol. The van der Waals surface area contributed by atoms with Gasteiger partial charge in [-0.25, -0.2) is 9.37 Å². The van der Waals surface area contributed by atoms with E-state index in [1.807, 2.05) is 13.8 Å². The maximum absolute atomic E-state index is 14.5. The fourth-order valence-electron chi connectivity index (χ4n) is 4.08. The molecule has 0 radical (unpaired) electrons. The van der Waals surface area contributed by atoms with Gasteiger partial charge in [-0.15, -0.1) is 0 Å². The van der Waals surface area contributed by atoms with E-state index in [1.165, 1.54) is 21.5 Å². The van der Waals surface area contributed by atoms with Crippen molar-refractivity contribution in [2.45, 2.75) is 39.2 Å².